The minimum atomic E-state index is -1.03. The van der Waals surface area contributed by atoms with E-state index in [1.165, 1.54) is 17.0 Å². The van der Waals surface area contributed by atoms with Gasteiger partial charge in [-0.15, -0.1) is 0 Å². The number of carbonyl (C=O) groups excluding carboxylic acids is 1. The molecule has 108 valence electrons. The van der Waals surface area contributed by atoms with Gasteiger partial charge in [0, 0.05) is 12.1 Å². The molecule has 0 spiro atoms. The van der Waals surface area contributed by atoms with Crippen molar-refractivity contribution >= 4 is 17.6 Å². The van der Waals surface area contributed by atoms with Crippen LogP contribution in [-0.2, 0) is 4.79 Å². The van der Waals surface area contributed by atoms with Crippen LogP contribution in [0.25, 0.3) is 0 Å². The molecule has 0 aliphatic carbocycles. The molecule has 6 heteroatoms. The van der Waals surface area contributed by atoms with Crippen molar-refractivity contribution in [2.45, 2.75) is 25.8 Å². The number of aliphatic carboxylic acids is 1. The highest BCUT2D eigenvalue weighted by Gasteiger charge is 2.37. The first-order chi connectivity index (χ1) is 9.41. The van der Waals surface area contributed by atoms with E-state index in [4.69, 9.17) is 5.73 Å². The predicted molar refractivity (Wildman–Crippen MR) is 71.7 cm³/mol. The lowest BCUT2D eigenvalue weighted by atomic mass is 9.90. The SMILES string of the molecule is CC1CCCN(C(=O)c2ccc(N)c(F)c2)C1C(=O)O. The fourth-order valence-corrected chi connectivity index (χ4v) is 2.62. The normalized spacial score (nSPS) is 22.6. The van der Waals surface area contributed by atoms with E-state index in [2.05, 4.69) is 0 Å². The van der Waals surface area contributed by atoms with Crippen LogP contribution in [-0.4, -0.2) is 34.5 Å². The second kappa shape index (κ2) is 5.48. The molecule has 0 bridgehead atoms. The van der Waals surface area contributed by atoms with Gasteiger partial charge in [-0.3, -0.25) is 4.79 Å². The monoisotopic (exact) mass is 280 g/mol. The number of anilines is 1. The van der Waals surface area contributed by atoms with Crippen LogP contribution in [0, 0.1) is 11.7 Å². The molecule has 2 rings (SSSR count). The summed E-state index contributed by atoms with van der Waals surface area (Å²) >= 11 is 0. The second-order valence-electron chi connectivity index (χ2n) is 5.14. The van der Waals surface area contributed by atoms with Gasteiger partial charge in [0.05, 0.1) is 5.69 Å². The van der Waals surface area contributed by atoms with Gasteiger partial charge in [0.25, 0.3) is 5.91 Å². The number of nitrogens with zero attached hydrogens (tertiary/aromatic N) is 1. The van der Waals surface area contributed by atoms with Crippen LogP contribution in [0.5, 0.6) is 0 Å². The largest absolute Gasteiger partial charge is 0.480 e. The molecule has 1 heterocycles. The maximum Gasteiger partial charge on any atom is 0.326 e. The summed E-state index contributed by atoms with van der Waals surface area (Å²) in [6, 6.07) is 2.91. The molecule has 0 saturated carbocycles. The van der Waals surface area contributed by atoms with Gasteiger partial charge in [-0.2, -0.15) is 0 Å². The Morgan fingerprint density at radius 3 is 2.75 bits per heavy atom. The van der Waals surface area contributed by atoms with Crippen LogP contribution in [0.1, 0.15) is 30.1 Å². The Morgan fingerprint density at radius 1 is 1.45 bits per heavy atom. The van der Waals surface area contributed by atoms with Gasteiger partial charge >= 0.3 is 5.97 Å². The van der Waals surface area contributed by atoms with Crippen LogP contribution < -0.4 is 5.73 Å². The quantitative estimate of drug-likeness (QED) is 0.808. The highest BCUT2D eigenvalue weighted by Crippen LogP contribution is 2.25. The summed E-state index contributed by atoms with van der Waals surface area (Å²) in [5, 5.41) is 9.29. The van der Waals surface area contributed by atoms with E-state index in [1.54, 1.807) is 0 Å². The zero-order valence-electron chi connectivity index (χ0n) is 11.2. The Hall–Kier alpha value is -2.11. The van der Waals surface area contributed by atoms with Crippen LogP contribution in [0.15, 0.2) is 18.2 Å². The van der Waals surface area contributed by atoms with Crippen molar-refractivity contribution < 1.29 is 19.1 Å². The number of carboxylic acids is 1. The fraction of sp³-hybridized carbons (Fsp3) is 0.429. The van der Waals surface area contributed by atoms with E-state index in [9.17, 15) is 19.1 Å². The standard InChI is InChI=1S/C14H17FN2O3/c1-8-3-2-6-17(12(8)14(19)20)13(18)9-4-5-11(16)10(15)7-9/h4-5,7-8,12H,2-3,6,16H2,1H3,(H,19,20). The first-order valence-electron chi connectivity index (χ1n) is 6.50. The molecule has 0 radical (unpaired) electrons. The molecule has 0 aromatic heterocycles. The molecule has 1 aliphatic heterocycles. The van der Waals surface area contributed by atoms with Crippen LogP contribution in [0.4, 0.5) is 10.1 Å². The van der Waals surface area contributed by atoms with Gasteiger partial charge in [0.1, 0.15) is 11.9 Å². The Labute approximate surface area is 116 Å². The summed E-state index contributed by atoms with van der Waals surface area (Å²) in [6.07, 6.45) is 1.50. The molecule has 20 heavy (non-hydrogen) atoms. The lowest BCUT2D eigenvalue weighted by Gasteiger charge is -2.37. The lowest BCUT2D eigenvalue weighted by Crippen LogP contribution is -2.51. The highest BCUT2D eigenvalue weighted by molar-refractivity contribution is 5.97. The number of piperidine rings is 1. The van der Waals surface area contributed by atoms with E-state index >= 15 is 0 Å². The fourth-order valence-electron chi connectivity index (χ4n) is 2.62. The highest BCUT2D eigenvalue weighted by atomic mass is 19.1. The maximum absolute atomic E-state index is 13.4. The van der Waals surface area contributed by atoms with E-state index < -0.39 is 23.7 Å². The van der Waals surface area contributed by atoms with Crippen molar-refractivity contribution in [1.29, 1.82) is 0 Å². The number of amides is 1. The van der Waals surface area contributed by atoms with Crippen LogP contribution in [0.2, 0.25) is 0 Å². The molecule has 5 nitrogen and oxygen atoms in total. The number of rotatable bonds is 2. The van der Waals surface area contributed by atoms with E-state index in [0.717, 1.165) is 18.9 Å². The molecule has 1 amide bonds. The van der Waals surface area contributed by atoms with Gasteiger partial charge in [0.15, 0.2) is 0 Å². The average Bonchev–Trinajstić information content (AvgIpc) is 2.40. The maximum atomic E-state index is 13.4. The number of halogens is 1. The molecule has 1 aliphatic rings. The molecule has 1 aromatic carbocycles. The van der Waals surface area contributed by atoms with E-state index in [1.807, 2.05) is 6.92 Å². The predicted octanol–water partition coefficient (Wildman–Crippen LogP) is 1.73. The molecule has 1 aromatic rings. The zero-order valence-corrected chi connectivity index (χ0v) is 11.2. The number of nitrogen functional groups attached to an aromatic ring is 1. The smallest absolute Gasteiger partial charge is 0.326 e. The first kappa shape index (κ1) is 14.3. The summed E-state index contributed by atoms with van der Waals surface area (Å²) in [5.74, 6) is -2.29. The van der Waals surface area contributed by atoms with Crippen molar-refractivity contribution in [2.24, 2.45) is 5.92 Å². The number of likely N-dealkylation sites (tertiary alicyclic amines) is 1. The molecular formula is C14H17FN2O3. The number of benzene rings is 1. The van der Waals surface area contributed by atoms with Gasteiger partial charge in [-0.05, 0) is 37.0 Å². The topological polar surface area (TPSA) is 83.6 Å². The Bertz CT molecular complexity index is 547. The summed E-state index contributed by atoms with van der Waals surface area (Å²) in [4.78, 5) is 25.0. The Kier molecular flexibility index (Phi) is 3.92. The number of carbonyl (C=O) groups is 2. The van der Waals surface area contributed by atoms with Gasteiger partial charge < -0.3 is 15.7 Å². The average molecular weight is 280 g/mol. The number of hydrogen-bond acceptors (Lipinski definition) is 3. The third-order valence-corrected chi connectivity index (χ3v) is 3.69. The second-order valence-corrected chi connectivity index (χ2v) is 5.14. The molecular weight excluding hydrogens is 263 g/mol. The Balaban J connectivity index is 2.30. The molecule has 2 unspecified atom stereocenters. The first-order valence-corrected chi connectivity index (χ1v) is 6.50. The molecule has 1 saturated heterocycles. The van der Waals surface area contributed by atoms with Gasteiger partial charge in [-0.1, -0.05) is 6.92 Å². The van der Waals surface area contributed by atoms with E-state index in [0.29, 0.717) is 6.54 Å². The van der Waals surface area contributed by atoms with E-state index in [-0.39, 0.29) is 17.2 Å². The summed E-state index contributed by atoms with van der Waals surface area (Å²) in [7, 11) is 0. The number of hydrogen-bond donors (Lipinski definition) is 2. The lowest BCUT2D eigenvalue weighted by molar-refractivity contribution is -0.145. The van der Waals surface area contributed by atoms with Crippen molar-refractivity contribution in [3.8, 4) is 0 Å². The molecule has 3 N–H and O–H groups in total. The summed E-state index contributed by atoms with van der Waals surface area (Å²) in [5.41, 5.74) is 5.45. The van der Waals surface area contributed by atoms with Crippen molar-refractivity contribution in [1.82, 2.24) is 4.90 Å². The molecule has 1 fully saturated rings. The van der Waals surface area contributed by atoms with Crippen LogP contribution >= 0.6 is 0 Å². The van der Waals surface area contributed by atoms with Crippen LogP contribution in [0.3, 0.4) is 0 Å². The molecule has 2 atom stereocenters. The zero-order chi connectivity index (χ0) is 14.9. The summed E-state index contributed by atoms with van der Waals surface area (Å²) in [6.45, 7) is 2.17. The number of carboxylic acid groups (broad SMARTS) is 1. The minimum Gasteiger partial charge on any atom is -0.480 e. The summed E-state index contributed by atoms with van der Waals surface area (Å²) < 4.78 is 13.4. The third-order valence-electron chi connectivity index (χ3n) is 3.69. The van der Waals surface area contributed by atoms with Crippen molar-refractivity contribution in [2.75, 3.05) is 12.3 Å². The van der Waals surface area contributed by atoms with Gasteiger partial charge in [0.2, 0.25) is 0 Å². The minimum absolute atomic E-state index is 0.0386. The Morgan fingerprint density at radius 2 is 2.15 bits per heavy atom. The van der Waals surface area contributed by atoms with Crippen molar-refractivity contribution in [3.63, 3.8) is 0 Å². The number of nitrogens with two attached hydrogens (primary N) is 1. The third kappa shape index (κ3) is 2.59. The van der Waals surface area contributed by atoms with Gasteiger partial charge in [-0.25, -0.2) is 9.18 Å². The van der Waals surface area contributed by atoms with Crippen molar-refractivity contribution in [3.05, 3.63) is 29.6 Å².